The van der Waals surface area contributed by atoms with Crippen LogP contribution in [0.4, 0.5) is 0 Å². The lowest BCUT2D eigenvalue weighted by Crippen LogP contribution is -2.24. The molecule has 0 aliphatic heterocycles. The lowest BCUT2D eigenvalue weighted by molar-refractivity contribution is -0.132. The van der Waals surface area contributed by atoms with E-state index in [9.17, 15) is 9.90 Å². The second-order valence-corrected chi connectivity index (χ2v) is 6.78. The van der Waals surface area contributed by atoms with E-state index in [1.807, 2.05) is 56.3 Å². The number of benzene rings is 1. The van der Waals surface area contributed by atoms with E-state index in [4.69, 9.17) is 0 Å². The molecular weight excluding hydrogens is 322 g/mol. The molecule has 1 fully saturated rings. The molecule has 1 aliphatic carbocycles. The Hall–Kier alpha value is -2.29. The zero-order chi connectivity index (χ0) is 19.5. The number of carboxylic acid groups (broad SMARTS) is 1. The highest BCUT2D eigenvalue weighted by molar-refractivity contribution is 5.92. The quantitative estimate of drug-likeness (QED) is 0.529. The van der Waals surface area contributed by atoms with Crippen molar-refractivity contribution in [2.24, 2.45) is 11.8 Å². The lowest BCUT2D eigenvalue weighted by Gasteiger charge is -2.31. The Kier molecular flexibility index (Phi) is 9.50. The normalized spacial score (nSPS) is 21.0. The van der Waals surface area contributed by atoms with Gasteiger partial charge in [0.25, 0.3) is 0 Å². The Morgan fingerprint density at radius 2 is 1.85 bits per heavy atom. The van der Waals surface area contributed by atoms with Gasteiger partial charge in [-0.15, -0.1) is 0 Å². The van der Waals surface area contributed by atoms with Crippen LogP contribution >= 0.6 is 0 Å². The van der Waals surface area contributed by atoms with Crippen LogP contribution < -0.4 is 5.32 Å². The van der Waals surface area contributed by atoms with Gasteiger partial charge < -0.3 is 10.4 Å². The van der Waals surface area contributed by atoms with Gasteiger partial charge in [-0.05, 0) is 43.2 Å². The molecule has 0 amide bonds. The van der Waals surface area contributed by atoms with Gasteiger partial charge in [-0.3, -0.25) is 0 Å². The molecule has 0 heterocycles. The number of hydrogen-bond acceptors (Lipinski definition) is 2. The first-order chi connectivity index (χ1) is 12.5. The highest BCUT2D eigenvalue weighted by Gasteiger charge is 2.29. The van der Waals surface area contributed by atoms with Crippen LogP contribution in [0.15, 0.2) is 59.8 Å². The summed E-state index contributed by atoms with van der Waals surface area (Å²) in [5, 5.41) is 12.4. The van der Waals surface area contributed by atoms with E-state index in [2.05, 4.69) is 18.8 Å². The largest absolute Gasteiger partial charge is 0.478 e. The molecular formula is C23H33NO2. The molecule has 2 unspecified atom stereocenters. The molecule has 1 saturated carbocycles. The molecule has 1 aliphatic rings. The van der Waals surface area contributed by atoms with Crippen LogP contribution in [0.1, 0.15) is 52.0 Å². The van der Waals surface area contributed by atoms with E-state index in [1.165, 1.54) is 24.8 Å². The van der Waals surface area contributed by atoms with Crippen LogP contribution in [0.5, 0.6) is 0 Å². The predicted octanol–water partition coefficient (Wildman–Crippen LogP) is 5.67. The molecule has 0 bridgehead atoms. The third-order valence-corrected chi connectivity index (χ3v) is 5.11. The van der Waals surface area contributed by atoms with Gasteiger partial charge in [0.05, 0.1) is 5.57 Å². The van der Waals surface area contributed by atoms with Crippen LogP contribution in [-0.2, 0) is 4.79 Å². The summed E-state index contributed by atoms with van der Waals surface area (Å²) in [5.41, 5.74) is 3.38. The molecule has 1 aromatic carbocycles. The van der Waals surface area contributed by atoms with Gasteiger partial charge in [-0.25, -0.2) is 4.79 Å². The number of hydrogen-bond donors (Lipinski definition) is 2. The van der Waals surface area contributed by atoms with Crippen molar-refractivity contribution in [3.8, 4) is 0 Å². The molecule has 0 radical (unpaired) electrons. The summed E-state index contributed by atoms with van der Waals surface area (Å²) in [6, 6.07) is 10.0. The average Bonchev–Trinajstić information content (AvgIpc) is 2.67. The maximum Gasteiger partial charge on any atom is 0.337 e. The molecule has 2 N–H and O–H groups in total. The Bertz CT molecular complexity index is 643. The summed E-state index contributed by atoms with van der Waals surface area (Å²) in [6.07, 6.45) is 8.60. The van der Waals surface area contributed by atoms with E-state index in [1.54, 1.807) is 7.05 Å². The SMILES string of the molecule is C/C=C(\C(C(=O)O)=C(/C)NC)C1CCCCC1C.C=Cc1ccccc1. The molecule has 26 heavy (non-hydrogen) atoms. The first-order valence-electron chi connectivity index (χ1n) is 9.42. The number of carboxylic acids is 1. The summed E-state index contributed by atoms with van der Waals surface area (Å²) in [5.74, 6) is 0.134. The Balaban J connectivity index is 0.000000350. The van der Waals surface area contributed by atoms with Crippen molar-refractivity contribution in [2.75, 3.05) is 7.05 Å². The van der Waals surface area contributed by atoms with Crippen LogP contribution in [-0.4, -0.2) is 18.1 Å². The van der Waals surface area contributed by atoms with E-state index in [0.717, 1.165) is 17.7 Å². The highest BCUT2D eigenvalue weighted by atomic mass is 16.4. The van der Waals surface area contributed by atoms with Crippen LogP contribution in [0.2, 0.25) is 0 Å². The van der Waals surface area contributed by atoms with Crippen molar-refractivity contribution in [2.45, 2.75) is 46.5 Å². The maximum absolute atomic E-state index is 11.5. The van der Waals surface area contributed by atoms with E-state index in [-0.39, 0.29) is 0 Å². The number of aliphatic carboxylic acids is 1. The lowest BCUT2D eigenvalue weighted by atomic mass is 9.73. The minimum Gasteiger partial charge on any atom is -0.478 e. The van der Waals surface area contributed by atoms with Crippen molar-refractivity contribution < 1.29 is 9.90 Å². The standard InChI is InChI=1S/C15H25NO2.C8H8/c1-5-12(13-9-7-6-8-10(13)2)14(15(17)18)11(3)16-4;1-2-8-6-4-3-5-7-8/h5,10,13,16H,6-9H2,1-4H3,(H,17,18);2-7H,1H2/b12-5-,14-11-;. The van der Waals surface area contributed by atoms with Gasteiger partial charge in [-0.2, -0.15) is 0 Å². The fourth-order valence-electron chi connectivity index (χ4n) is 3.54. The van der Waals surface area contributed by atoms with Gasteiger partial charge in [0, 0.05) is 12.7 Å². The molecule has 0 spiro atoms. The zero-order valence-electron chi connectivity index (χ0n) is 16.6. The van der Waals surface area contributed by atoms with E-state index in [0.29, 0.717) is 17.4 Å². The smallest absolute Gasteiger partial charge is 0.337 e. The molecule has 0 aromatic heterocycles. The van der Waals surface area contributed by atoms with Gasteiger partial charge in [0.15, 0.2) is 0 Å². The molecule has 3 heteroatoms. The van der Waals surface area contributed by atoms with E-state index < -0.39 is 5.97 Å². The minimum absolute atomic E-state index is 0.387. The van der Waals surface area contributed by atoms with Gasteiger partial charge in [0.2, 0.25) is 0 Å². The number of allylic oxidation sites excluding steroid dienone is 2. The van der Waals surface area contributed by atoms with Crippen LogP contribution in [0.3, 0.4) is 0 Å². The predicted molar refractivity (Wildman–Crippen MR) is 111 cm³/mol. The zero-order valence-corrected chi connectivity index (χ0v) is 16.6. The molecule has 0 saturated heterocycles. The Labute approximate surface area is 158 Å². The summed E-state index contributed by atoms with van der Waals surface area (Å²) in [7, 11) is 1.77. The van der Waals surface area contributed by atoms with E-state index >= 15 is 0 Å². The summed E-state index contributed by atoms with van der Waals surface area (Å²) in [4.78, 5) is 11.5. The van der Waals surface area contributed by atoms with Gasteiger partial charge in [0.1, 0.15) is 0 Å². The van der Waals surface area contributed by atoms with Crippen molar-refractivity contribution in [1.82, 2.24) is 5.32 Å². The topological polar surface area (TPSA) is 49.3 Å². The van der Waals surface area contributed by atoms with Crippen molar-refractivity contribution >= 4 is 12.0 Å². The fourth-order valence-corrected chi connectivity index (χ4v) is 3.54. The fraction of sp³-hybridized carbons (Fsp3) is 0.435. The molecule has 142 valence electrons. The third-order valence-electron chi connectivity index (χ3n) is 5.11. The second-order valence-electron chi connectivity index (χ2n) is 6.78. The molecule has 2 atom stereocenters. The third kappa shape index (κ3) is 6.21. The Morgan fingerprint density at radius 1 is 1.23 bits per heavy atom. The number of carbonyl (C=O) groups is 1. The first kappa shape index (κ1) is 21.8. The Morgan fingerprint density at radius 3 is 2.27 bits per heavy atom. The van der Waals surface area contributed by atoms with Gasteiger partial charge >= 0.3 is 5.97 Å². The monoisotopic (exact) mass is 355 g/mol. The second kappa shape index (κ2) is 11.3. The molecule has 2 rings (SSSR count). The number of nitrogens with one attached hydrogen (secondary N) is 1. The minimum atomic E-state index is -0.826. The average molecular weight is 356 g/mol. The number of rotatable bonds is 5. The van der Waals surface area contributed by atoms with Crippen LogP contribution in [0, 0.1) is 11.8 Å². The summed E-state index contributed by atoms with van der Waals surface area (Å²) in [6.45, 7) is 9.65. The van der Waals surface area contributed by atoms with Gasteiger partial charge in [-0.1, -0.05) is 75.2 Å². The molecule has 3 nitrogen and oxygen atoms in total. The molecule has 1 aromatic rings. The van der Waals surface area contributed by atoms with Crippen molar-refractivity contribution in [3.63, 3.8) is 0 Å². The van der Waals surface area contributed by atoms with Crippen LogP contribution in [0.25, 0.3) is 6.08 Å². The highest BCUT2D eigenvalue weighted by Crippen LogP contribution is 2.38. The first-order valence-corrected chi connectivity index (χ1v) is 9.42. The van der Waals surface area contributed by atoms with Crippen molar-refractivity contribution in [1.29, 1.82) is 0 Å². The summed E-state index contributed by atoms with van der Waals surface area (Å²) < 4.78 is 0. The summed E-state index contributed by atoms with van der Waals surface area (Å²) >= 11 is 0. The van der Waals surface area contributed by atoms with Crippen molar-refractivity contribution in [3.05, 3.63) is 65.4 Å². The maximum atomic E-state index is 11.5.